The Hall–Kier alpha value is -1.64. The number of hydrogen-bond acceptors (Lipinski definition) is 4. The number of methoxy groups -OCH3 is 1. The molecule has 4 rings (SSSR count). The van der Waals surface area contributed by atoms with E-state index < -0.39 is 5.97 Å². The molecule has 0 atom stereocenters. The van der Waals surface area contributed by atoms with Crippen LogP contribution in [0.3, 0.4) is 0 Å². The van der Waals surface area contributed by atoms with Crippen LogP contribution in [0.4, 0.5) is 0 Å². The Morgan fingerprint density at radius 2 is 2.04 bits per heavy atom. The van der Waals surface area contributed by atoms with E-state index in [0.717, 1.165) is 27.9 Å². The number of nitrogens with one attached hydrogen (secondary N) is 2. The largest absolute Gasteiger partial charge is 1.00 e. The number of pyridine rings is 1. The van der Waals surface area contributed by atoms with Crippen LogP contribution < -0.4 is 61.2 Å². The average Bonchev–Trinajstić information content (AvgIpc) is 3.16. The number of ether oxygens (including phenoxy) is 1. The summed E-state index contributed by atoms with van der Waals surface area (Å²) >= 11 is 0. The molecule has 0 aliphatic carbocycles. The normalized spacial score (nSPS) is 10.7. The van der Waals surface area contributed by atoms with Crippen molar-refractivity contribution < 1.29 is 66.0 Å². The minimum atomic E-state index is -1.22. The van der Waals surface area contributed by atoms with E-state index in [1.54, 1.807) is 13.2 Å². The molecule has 24 heavy (non-hydrogen) atoms. The van der Waals surface area contributed by atoms with Crippen molar-refractivity contribution in [2.24, 2.45) is 0 Å². The van der Waals surface area contributed by atoms with Gasteiger partial charge in [0, 0.05) is 45.5 Å². The molecule has 0 bridgehead atoms. The fraction of sp³-hybridized carbons (Fsp3) is 0.0588. The van der Waals surface area contributed by atoms with Gasteiger partial charge in [-0.05, 0) is 30.3 Å². The molecule has 0 saturated heterocycles. The topological polar surface area (TPSA) is 93.8 Å². The van der Waals surface area contributed by atoms with Gasteiger partial charge in [-0.3, -0.25) is 0 Å². The number of benzene rings is 1. The van der Waals surface area contributed by atoms with Gasteiger partial charge in [0.2, 0.25) is 0 Å². The van der Waals surface area contributed by atoms with Crippen LogP contribution in [-0.2, 0) is 0 Å². The van der Waals surface area contributed by atoms with Crippen molar-refractivity contribution in [3.8, 4) is 17.0 Å². The third-order valence-corrected chi connectivity index (χ3v) is 3.93. The van der Waals surface area contributed by atoms with Crippen molar-refractivity contribution in [2.45, 2.75) is 0 Å². The number of carboxylic acids is 1. The monoisotopic (exact) mass is 345 g/mol. The number of aromatic amines is 2. The summed E-state index contributed by atoms with van der Waals surface area (Å²) in [7, 11) is 1.62. The Bertz CT molecular complexity index is 1050. The van der Waals surface area contributed by atoms with Crippen LogP contribution >= 0.6 is 0 Å². The molecule has 6 nitrogen and oxygen atoms in total. The van der Waals surface area contributed by atoms with Gasteiger partial charge in [-0.25, -0.2) is 4.98 Å². The third-order valence-electron chi connectivity index (χ3n) is 3.93. The number of hydrogen-bond donors (Lipinski definition) is 2. The number of aromatic nitrogens is 3. The molecule has 7 heteroatoms. The summed E-state index contributed by atoms with van der Waals surface area (Å²) in [5.41, 5.74) is 3.29. The van der Waals surface area contributed by atoms with Gasteiger partial charge in [0.1, 0.15) is 11.4 Å². The number of H-pyrrole nitrogens is 2. The molecule has 0 unspecified atom stereocenters. The Kier molecular flexibility index (Phi) is 4.79. The van der Waals surface area contributed by atoms with Crippen LogP contribution in [-0.4, -0.2) is 28.0 Å². The van der Waals surface area contributed by atoms with Gasteiger partial charge in [0.15, 0.2) is 0 Å². The van der Waals surface area contributed by atoms with E-state index in [1.165, 1.54) is 12.3 Å². The summed E-state index contributed by atoms with van der Waals surface area (Å²) in [5, 5.41) is 12.7. The first-order valence-electron chi connectivity index (χ1n) is 7.02. The third kappa shape index (κ3) is 2.78. The van der Waals surface area contributed by atoms with Crippen LogP contribution in [0, 0.1) is 0 Å². The van der Waals surface area contributed by atoms with Crippen LogP contribution in [0.15, 0.2) is 42.7 Å². The van der Waals surface area contributed by atoms with E-state index >= 15 is 0 Å². The van der Waals surface area contributed by atoms with Crippen molar-refractivity contribution in [1.82, 2.24) is 15.0 Å². The zero-order valence-electron chi connectivity index (χ0n) is 13.2. The molecule has 3 heterocycles. The van der Waals surface area contributed by atoms with Gasteiger partial charge in [0.25, 0.3) is 0 Å². The molecular weight excluding hydrogens is 333 g/mol. The molecular formula is C17H12KN3O3. The molecule has 0 aliphatic heterocycles. The Balaban J connectivity index is 0.00000169. The molecule has 2 N–H and O–H groups in total. The Morgan fingerprint density at radius 1 is 1.21 bits per heavy atom. The van der Waals surface area contributed by atoms with Crippen molar-refractivity contribution in [3.05, 3.63) is 48.3 Å². The number of nitrogens with zero attached hydrogens (tertiary/aromatic N) is 1. The van der Waals surface area contributed by atoms with Gasteiger partial charge in [-0.1, -0.05) is 0 Å². The zero-order valence-corrected chi connectivity index (χ0v) is 16.3. The molecule has 0 saturated carbocycles. The quantitative estimate of drug-likeness (QED) is 0.470. The maximum absolute atomic E-state index is 11.2. The van der Waals surface area contributed by atoms with Crippen LogP contribution in [0.5, 0.6) is 5.75 Å². The van der Waals surface area contributed by atoms with E-state index in [0.29, 0.717) is 11.0 Å². The summed E-state index contributed by atoms with van der Waals surface area (Å²) in [6.45, 7) is 0. The second-order valence-corrected chi connectivity index (χ2v) is 5.21. The molecule has 4 aromatic rings. The molecule has 3 aromatic heterocycles. The predicted molar refractivity (Wildman–Crippen MR) is 84.3 cm³/mol. The van der Waals surface area contributed by atoms with E-state index in [-0.39, 0.29) is 56.9 Å². The Labute approximate surface area is 179 Å². The molecule has 0 aliphatic rings. The van der Waals surface area contributed by atoms with Crippen molar-refractivity contribution in [2.75, 3.05) is 7.11 Å². The fourth-order valence-corrected chi connectivity index (χ4v) is 2.80. The number of carbonyl (C=O) groups excluding carboxylic acids is 1. The second-order valence-electron chi connectivity index (χ2n) is 5.21. The maximum Gasteiger partial charge on any atom is 1.00 e. The van der Waals surface area contributed by atoms with E-state index in [9.17, 15) is 9.90 Å². The van der Waals surface area contributed by atoms with Crippen LogP contribution in [0.25, 0.3) is 33.2 Å². The first-order chi connectivity index (χ1) is 11.2. The molecule has 0 spiro atoms. The number of aromatic carboxylic acids is 1. The minimum Gasteiger partial charge on any atom is -0.545 e. The number of rotatable bonds is 3. The zero-order chi connectivity index (χ0) is 16.0. The molecule has 114 valence electrons. The standard InChI is InChI=1S/C17H13N3O3.K/c1-23-9-2-3-14-11(6-9)13(8-19-14)15-7-12-10(17(21)22)4-5-18-16(12)20-15;/h2-8,19H,1H3,(H,18,20)(H,21,22);/q;+1/p-1. The number of carbonyl (C=O) groups is 1. The molecule has 1 aromatic carbocycles. The summed E-state index contributed by atoms with van der Waals surface area (Å²) < 4.78 is 5.27. The Morgan fingerprint density at radius 3 is 2.79 bits per heavy atom. The van der Waals surface area contributed by atoms with Crippen molar-refractivity contribution in [1.29, 1.82) is 0 Å². The van der Waals surface area contributed by atoms with Gasteiger partial charge < -0.3 is 24.6 Å². The number of carboxylic acid groups (broad SMARTS) is 1. The second kappa shape index (κ2) is 6.70. The first kappa shape index (κ1) is 17.2. The SMILES string of the molecule is COc1ccc2[nH]cc(-c3cc4c(C(=O)[O-])ccnc4[nH]3)c2c1.[K+]. The fourth-order valence-electron chi connectivity index (χ4n) is 2.80. The number of fused-ring (bicyclic) bond motifs is 2. The van der Waals surface area contributed by atoms with Crippen LogP contribution in [0.2, 0.25) is 0 Å². The van der Waals surface area contributed by atoms with Gasteiger partial charge in [0.05, 0.1) is 13.1 Å². The summed E-state index contributed by atoms with van der Waals surface area (Å²) in [5.74, 6) is -0.466. The van der Waals surface area contributed by atoms with Crippen LogP contribution in [0.1, 0.15) is 10.4 Å². The molecule has 0 radical (unpaired) electrons. The smallest absolute Gasteiger partial charge is 0.545 e. The minimum absolute atomic E-state index is 0. The molecule has 0 amide bonds. The predicted octanol–water partition coefficient (Wildman–Crippen LogP) is -0.913. The summed E-state index contributed by atoms with van der Waals surface area (Å²) in [4.78, 5) is 21.8. The first-order valence-corrected chi connectivity index (χ1v) is 7.02. The van der Waals surface area contributed by atoms with Crippen molar-refractivity contribution in [3.63, 3.8) is 0 Å². The summed E-state index contributed by atoms with van der Waals surface area (Å²) in [6.07, 6.45) is 3.32. The maximum atomic E-state index is 11.2. The van der Waals surface area contributed by atoms with Gasteiger partial charge >= 0.3 is 51.4 Å². The van der Waals surface area contributed by atoms with E-state index in [1.807, 2.05) is 24.4 Å². The van der Waals surface area contributed by atoms with E-state index in [4.69, 9.17) is 4.74 Å². The average molecular weight is 345 g/mol. The van der Waals surface area contributed by atoms with Gasteiger partial charge in [-0.2, -0.15) is 0 Å². The van der Waals surface area contributed by atoms with E-state index in [2.05, 4.69) is 15.0 Å². The van der Waals surface area contributed by atoms with Crippen molar-refractivity contribution >= 4 is 27.9 Å². The van der Waals surface area contributed by atoms with Gasteiger partial charge in [-0.15, -0.1) is 0 Å². The summed E-state index contributed by atoms with van der Waals surface area (Å²) in [6, 6.07) is 8.96. The molecule has 0 fully saturated rings.